The Kier molecular flexibility index (Phi) is 6.17. The number of aliphatic hydroxyl groups is 1. The number of amides is 2. The minimum atomic E-state index is -0.515. The van der Waals surface area contributed by atoms with Crippen LogP contribution in [0.15, 0.2) is 42.7 Å². The van der Waals surface area contributed by atoms with Gasteiger partial charge in [-0.05, 0) is 29.7 Å². The number of nitrogens with one attached hydrogen (secondary N) is 2. The number of carbonyl (C=O) groups excluding carboxylic acids is 1. The van der Waals surface area contributed by atoms with Gasteiger partial charge in [0.2, 0.25) is 0 Å². The van der Waals surface area contributed by atoms with Crippen molar-refractivity contribution in [3.63, 3.8) is 0 Å². The van der Waals surface area contributed by atoms with Crippen LogP contribution in [0.2, 0.25) is 0 Å². The summed E-state index contributed by atoms with van der Waals surface area (Å²) in [6.45, 7) is 4.68. The Labute approximate surface area is 136 Å². The van der Waals surface area contributed by atoms with Crippen LogP contribution in [0.5, 0.6) is 0 Å². The zero-order valence-electron chi connectivity index (χ0n) is 13.6. The summed E-state index contributed by atoms with van der Waals surface area (Å²) < 4.78 is 1.78. The molecule has 1 aromatic carbocycles. The summed E-state index contributed by atoms with van der Waals surface area (Å²) in [7, 11) is 0. The van der Waals surface area contributed by atoms with Crippen LogP contribution in [0.3, 0.4) is 0 Å². The minimum Gasteiger partial charge on any atom is -0.391 e. The molecule has 0 bridgehead atoms. The predicted octanol–water partition coefficient (Wildman–Crippen LogP) is 2.08. The lowest BCUT2D eigenvalue weighted by molar-refractivity contribution is 0.114. The Hall–Kier alpha value is -2.34. The van der Waals surface area contributed by atoms with Crippen molar-refractivity contribution in [1.29, 1.82) is 0 Å². The van der Waals surface area contributed by atoms with E-state index in [0.29, 0.717) is 6.54 Å². The molecule has 124 valence electrons. The SMILES string of the molecule is CCC(C)C(O)CNC(=O)NCc1ccc(-n2cccn2)cc1. The van der Waals surface area contributed by atoms with E-state index in [1.807, 2.05) is 50.4 Å². The number of aliphatic hydroxyl groups excluding tert-OH is 1. The molecule has 0 spiro atoms. The van der Waals surface area contributed by atoms with E-state index in [9.17, 15) is 9.90 Å². The molecule has 6 nitrogen and oxygen atoms in total. The molecule has 0 fully saturated rings. The highest BCUT2D eigenvalue weighted by molar-refractivity contribution is 5.73. The van der Waals surface area contributed by atoms with E-state index in [2.05, 4.69) is 15.7 Å². The summed E-state index contributed by atoms with van der Waals surface area (Å²) in [5.74, 6) is 0.171. The second kappa shape index (κ2) is 8.33. The van der Waals surface area contributed by atoms with Gasteiger partial charge in [-0.1, -0.05) is 32.4 Å². The van der Waals surface area contributed by atoms with Crippen LogP contribution in [0.4, 0.5) is 4.79 Å². The van der Waals surface area contributed by atoms with Crippen LogP contribution in [-0.2, 0) is 6.54 Å². The molecule has 0 radical (unpaired) electrons. The normalized spacial score (nSPS) is 13.3. The van der Waals surface area contributed by atoms with Gasteiger partial charge in [0, 0.05) is 25.5 Å². The predicted molar refractivity (Wildman–Crippen MR) is 89.3 cm³/mol. The van der Waals surface area contributed by atoms with E-state index in [4.69, 9.17) is 0 Å². The molecule has 2 amide bonds. The number of benzene rings is 1. The summed E-state index contributed by atoms with van der Waals surface area (Å²) in [6, 6.07) is 9.40. The number of rotatable bonds is 7. The first-order chi connectivity index (χ1) is 11.1. The van der Waals surface area contributed by atoms with Crippen molar-refractivity contribution >= 4 is 6.03 Å². The van der Waals surface area contributed by atoms with Crippen LogP contribution in [-0.4, -0.2) is 33.6 Å². The summed E-state index contributed by atoms with van der Waals surface area (Å²) >= 11 is 0. The van der Waals surface area contributed by atoms with Gasteiger partial charge in [-0.25, -0.2) is 9.48 Å². The van der Waals surface area contributed by atoms with Crippen LogP contribution in [0.25, 0.3) is 5.69 Å². The summed E-state index contributed by atoms with van der Waals surface area (Å²) in [6.07, 6.45) is 3.98. The third kappa shape index (κ3) is 5.10. The molecule has 3 N–H and O–H groups in total. The first kappa shape index (κ1) is 17.0. The Morgan fingerprint density at radius 1 is 1.30 bits per heavy atom. The van der Waals surface area contributed by atoms with E-state index in [1.165, 1.54) is 0 Å². The number of urea groups is 1. The van der Waals surface area contributed by atoms with Gasteiger partial charge in [-0.15, -0.1) is 0 Å². The van der Waals surface area contributed by atoms with E-state index in [-0.39, 0.29) is 18.5 Å². The Balaban J connectivity index is 1.76. The number of hydrogen-bond donors (Lipinski definition) is 3. The average Bonchev–Trinajstić information content (AvgIpc) is 3.12. The third-order valence-corrected chi connectivity index (χ3v) is 3.93. The molecule has 2 atom stereocenters. The van der Waals surface area contributed by atoms with Crippen LogP contribution in [0.1, 0.15) is 25.8 Å². The lowest BCUT2D eigenvalue weighted by Crippen LogP contribution is -2.41. The van der Waals surface area contributed by atoms with Crippen LogP contribution in [0, 0.1) is 5.92 Å². The fraction of sp³-hybridized carbons (Fsp3) is 0.412. The molecule has 1 heterocycles. The third-order valence-electron chi connectivity index (χ3n) is 3.93. The van der Waals surface area contributed by atoms with Crippen molar-refractivity contribution in [2.45, 2.75) is 32.9 Å². The maximum atomic E-state index is 11.7. The number of carbonyl (C=O) groups is 1. The van der Waals surface area contributed by atoms with Gasteiger partial charge in [0.25, 0.3) is 0 Å². The number of hydrogen-bond acceptors (Lipinski definition) is 3. The Morgan fingerprint density at radius 2 is 2.04 bits per heavy atom. The van der Waals surface area contributed by atoms with Crippen LogP contribution >= 0.6 is 0 Å². The Bertz CT molecular complexity index is 596. The number of aromatic nitrogens is 2. The quantitative estimate of drug-likeness (QED) is 0.732. The largest absolute Gasteiger partial charge is 0.391 e. The molecule has 0 saturated heterocycles. The smallest absolute Gasteiger partial charge is 0.315 e. The minimum absolute atomic E-state index is 0.171. The summed E-state index contributed by atoms with van der Waals surface area (Å²) in [4.78, 5) is 11.7. The van der Waals surface area contributed by atoms with Crippen molar-refractivity contribution < 1.29 is 9.90 Å². The molecular weight excluding hydrogens is 292 g/mol. The van der Waals surface area contributed by atoms with Crippen molar-refractivity contribution in [2.75, 3.05) is 6.54 Å². The second-order valence-corrected chi connectivity index (χ2v) is 5.63. The fourth-order valence-electron chi connectivity index (χ4n) is 2.10. The van der Waals surface area contributed by atoms with Crippen molar-refractivity contribution in [1.82, 2.24) is 20.4 Å². The van der Waals surface area contributed by atoms with Crippen molar-refractivity contribution in [3.8, 4) is 5.69 Å². The highest BCUT2D eigenvalue weighted by Crippen LogP contribution is 2.08. The molecule has 2 aromatic rings. The van der Waals surface area contributed by atoms with Gasteiger partial charge >= 0.3 is 6.03 Å². The monoisotopic (exact) mass is 316 g/mol. The lowest BCUT2D eigenvalue weighted by atomic mass is 10.0. The second-order valence-electron chi connectivity index (χ2n) is 5.63. The average molecular weight is 316 g/mol. The number of nitrogens with zero attached hydrogens (tertiary/aromatic N) is 2. The van der Waals surface area contributed by atoms with Gasteiger partial charge in [0.1, 0.15) is 0 Å². The van der Waals surface area contributed by atoms with Gasteiger partial charge in [0.05, 0.1) is 11.8 Å². The van der Waals surface area contributed by atoms with E-state index >= 15 is 0 Å². The lowest BCUT2D eigenvalue weighted by Gasteiger charge is -2.17. The molecule has 1 aromatic heterocycles. The summed E-state index contributed by atoms with van der Waals surface area (Å²) in [5.41, 5.74) is 1.97. The maximum Gasteiger partial charge on any atom is 0.315 e. The van der Waals surface area contributed by atoms with Gasteiger partial charge in [0.15, 0.2) is 0 Å². The molecule has 2 unspecified atom stereocenters. The van der Waals surface area contributed by atoms with Crippen molar-refractivity contribution in [2.24, 2.45) is 5.92 Å². The maximum absolute atomic E-state index is 11.7. The zero-order chi connectivity index (χ0) is 16.7. The molecular formula is C17H24N4O2. The van der Waals surface area contributed by atoms with Crippen molar-refractivity contribution in [3.05, 3.63) is 48.3 Å². The van der Waals surface area contributed by atoms with Crippen LogP contribution < -0.4 is 10.6 Å². The van der Waals surface area contributed by atoms with E-state index < -0.39 is 6.10 Å². The first-order valence-corrected chi connectivity index (χ1v) is 7.89. The molecule has 0 aliphatic carbocycles. The molecule has 0 saturated carbocycles. The standard InChI is InChI=1S/C17H24N4O2/c1-3-13(2)16(22)12-19-17(23)18-11-14-5-7-15(8-6-14)21-10-4-9-20-21/h4-10,13,16,22H,3,11-12H2,1-2H3,(H2,18,19,23). The molecule has 0 aliphatic rings. The van der Waals surface area contributed by atoms with Gasteiger partial charge < -0.3 is 15.7 Å². The zero-order valence-corrected chi connectivity index (χ0v) is 13.6. The molecule has 2 rings (SSSR count). The van der Waals surface area contributed by atoms with Gasteiger partial charge in [-0.3, -0.25) is 0 Å². The highest BCUT2D eigenvalue weighted by atomic mass is 16.3. The molecule has 6 heteroatoms. The summed E-state index contributed by atoms with van der Waals surface area (Å²) in [5, 5.41) is 19.5. The fourth-order valence-corrected chi connectivity index (χ4v) is 2.10. The van der Waals surface area contributed by atoms with E-state index in [1.54, 1.807) is 10.9 Å². The Morgan fingerprint density at radius 3 is 2.65 bits per heavy atom. The van der Waals surface area contributed by atoms with Gasteiger partial charge in [-0.2, -0.15) is 5.10 Å². The molecule has 23 heavy (non-hydrogen) atoms. The van der Waals surface area contributed by atoms with E-state index in [0.717, 1.165) is 17.7 Å². The highest BCUT2D eigenvalue weighted by Gasteiger charge is 2.12. The topological polar surface area (TPSA) is 79.2 Å². The first-order valence-electron chi connectivity index (χ1n) is 7.89. The molecule has 0 aliphatic heterocycles.